The fourth-order valence-corrected chi connectivity index (χ4v) is 4.23. The molecule has 0 spiro atoms. The SMILES string of the molecule is O=C1CN(c2ncnc3c2cnn3-c2ccccc2)[C@@H]2CCCC[C@H]2N1. The van der Waals surface area contributed by atoms with E-state index in [1.807, 2.05) is 41.2 Å². The molecular formula is C19H20N6O. The van der Waals surface area contributed by atoms with Crippen LogP contribution >= 0.6 is 0 Å². The maximum Gasteiger partial charge on any atom is 0.239 e. The molecule has 3 aromatic rings. The number of carbonyl (C=O) groups is 1. The molecule has 5 rings (SSSR count). The smallest absolute Gasteiger partial charge is 0.239 e. The number of anilines is 1. The van der Waals surface area contributed by atoms with E-state index in [0.29, 0.717) is 12.6 Å². The van der Waals surface area contributed by atoms with E-state index >= 15 is 0 Å². The summed E-state index contributed by atoms with van der Waals surface area (Å²) in [5.41, 5.74) is 1.72. The van der Waals surface area contributed by atoms with Gasteiger partial charge in [-0.05, 0) is 25.0 Å². The van der Waals surface area contributed by atoms with E-state index in [1.165, 1.54) is 12.8 Å². The normalized spacial score (nSPS) is 22.9. The molecule has 7 heteroatoms. The van der Waals surface area contributed by atoms with Crippen molar-refractivity contribution in [2.24, 2.45) is 0 Å². The van der Waals surface area contributed by atoms with Crippen molar-refractivity contribution < 1.29 is 4.79 Å². The summed E-state index contributed by atoms with van der Waals surface area (Å²) < 4.78 is 1.82. The molecule has 1 amide bonds. The third-order valence-electron chi connectivity index (χ3n) is 5.41. The monoisotopic (exact) mass is 348 g/mol. The Kier molecular flexibility index (Phi) is 3.58. The highest BCUT2D eigenvalue weighted by Gasteiger charge is 2.37. The highest BCUT2D eigenvalue weighted by atomic mass is 16.2. The van der Waals surface area contributed by atoms with Crippen LogP contribution in [0.25, 0.3) is 16.7 Å². The van der Waals surface area contributed by atoms with Gasteiger partial charge in [-0.25, -0.2) is 14.6 Å². The molecule has 26 heavy (non-hydrogen) atoms. The minimum atomic E-state index is 0.0652. The molecule has 1 N–H and O–H groups in total. The average Bonchev–Trinajstić information content (AvgIpc) is 3.12. The summed E-state index contributed by atoms with van der Waals surface area (Å²) >= 11 is 0. The Bertz CT molecular complexity index is 953. The molecule has 2 atom stereocenters. The number of piperazine rings is 1. The largest absolute Gasteiger partial charge is 0.350 e. The zero-order chi connectivity index (χ0) is 17.5. The maximum absolute atomic E-state index is 12.2. The van der Waals surface area contributed by atoms with Gasteiger partial charge in [0, 0.05) is 6.04 Å². The van der Waals surface area contributed by atoms with Crippen LogP contribution in [0.5, 0.6) is 0 Å². The Hall–Kier alpha value is -2.96. The van der Waals surface area contributed by atoms with Crippen LogP contribution in [0.15, 0.2) is 42.9 Å². The van der Waals surface area contributed by atoms with Gasteiger partial charge >= 0.3 is 0 Å². The van der Waals surface area contributed by atoms with Crippen LogP contribution in [0.1, 0.15) is 25.7 Å². The third kappa shape index (κ3) is 2.42. The van der Waals surface area contributed by atoms with E-state index in [1.54, 1.807) is 6.33 Å². The molecule has 0 radical (unpaired) electrons. The van der Waals surface area contributed by atoms with Gasteiger partial charge in [0.25, 0.3) is 0 Å². The minimum absolute atomic E-state index is 0.0652. The third-order valence-corrected chi connectivity index (χ3v) is 5.41. The fraction of sp³-hybridized carbons (Fsp3) is 0.368. The van der Waals surface area contributed by atoms with Gasteiger partial charge in [-0.1, -0.05) is 31.0 Å². The van der Waals surface area contributed by atoms with Gasteiger partial charge in [-0.2, -0.15) is 5.10 Å². The van der Waals surface area contributed by atoms with E-state index < -0.39 is 0 Å². The summed E-state index contributed by atoms with van der Waals surface area (Å²) in [7, 11) is 0. The van der Waals surface area contributed by atoms with E-state index in [0.717, 1.165) is 35.4 Å². The van der Waals surface area contributed by atoms with Gasteiger partial charge in [-0.3, -0.25) is 4.79 Å². The molecular weight excluding hydrogens is 328 g/mol. The summed E-state index contributed by atoms with van der Waals surface area (Å²) in [5.74, 6) is 0.874. The summed E-state index contributed by atoms with van der Waals surface area (Å²) in [5, 5.41) is 8.57. The summed E-state index contributed by atoms with van der Waals surface area (Å²) in [4.78, 5) is 23.4. The average molecular weight is 348 g/mol. The van der Waals surface area contributed by atoms with E-state index in [4.69, 9.17) is 0 Å². The Balaban J connectivity index is 1.61. The van der Waals surface area contributed by atoms with Crippen LogP contribution < -0.4 is 10.2 Å². The zero-order valence-corrected chi connectivity index (χ0v) is 14.4. The zero-order valence-electron chi connectivity index (χ0n) is 14.4. The predicted octanol–water partition coefficient (Wildman–Crippen LogP) is 2.06. The highest BCUT2D eigenvalue weighted by molar-refractivity contribution is 5.91. The Morgan fingerprint density at radius 2 is 1.92 bits per heavy atom. The second-order valence-corrected chi connectivity index (χ2v) is 6.98. The van der Waals surface area contributed by atoms with Crippen molar-refractivity contribution in [3.05, 3.63) is 42.9 Å². The van der Waals surface area contributed by atoms with E-state index in [2.05, 4.69) is 25.3 Å². The van der Waals surface area contributed by atoms with Gasteiger partial charge < -0.3 is 10.2 Å². The van der Waals surface area contributed by atoms with Gasteiger partial charge in [0.05, 0.1) is 29.9 Å². The van der Waals surface area contributed by atoms with Crippen LogP contribution in [0.4, 0.5) is 5.82 Å². The van der Waals surface area contributed by atoms with Crippen LogP contribution in [0, 0.1) is 0 Å². The van der Waals surface area contributed by atoms with Crippen LogP contribution in [-0.2, 0) is 4.79 Å². The number of fused-ring (bicyclic) bond motifs is 2. The van der Waals surface area contributed by atoms with Gasteiger partial charge in [0.2, 0.25) is 5.91 Å². The lowest BCUT2D eigenvalue weighted by Crippen LogP contribution is -2.62. The standard InChI is InChI=1S/C19H20N6O/c26-17-11-24(16-9-5-4-8-15(16)23-17)18-14-10-22-25(19(14)21-12-20-18)13-6-2-1-3-7-13/h1-3,6-7,10,12,15-16H,4-5,8-9,11H2,(H,23,26)/t15-,16-/m1/s1. The molecule has 1 aliphatic heterocycles. The Morgan fingerprint density at radius 1 is 1.08 bits per heavy atom. The molecule has 2 aromatic heterocycles. The first-order valence-electron chi connectivity index (χ1n) is 9.11. The molecule has 0 bridgehead atoms. The number of rotatable bonds is 2. The predicted molar refractivity (Wildman–Crippen MR) is 98.2 cm³/mol. The molecule has 0 unspecified atom stereocenters. The summed E-state index contributed by atoms with van der Waals surface area (Å²) in [6.07, 6.45) is 7.84. The number of aromatic nitrogens is 4. The molecule has 1 saturated carbocycles. The van der Waals surface area contributed by atoms with E-state index in [-0.39, 0.29) is 11.9 Å². The molecule has 1 saturated heterocycles. The van der Waals surface area contributed by atoms with Crippen molar-refractivity contribution in [1.82, 2.24) is 25.1 Å². The van der Waals surface area contributed by atoms with Crippen molar-refractivity contribution in [2.75, 3.05) is 11.4 Å². The first-order chi connectivity index (χ1) is 12.8. The molecule has 132 valence electrons. The maximum atomic E-state index is 12.2. The number of nitrogens with one attached hydrogen (secondary N) is 1. The summed E-state index contributed by atoms with van der Waals surface area (Å²) in [6.45, 7) is 0.337. The van der Waals surface area contributed by atoms with Crippen molar-refractivity contribution in [3.63, 3.8) is 0 Å². The summed E-state index contributed by atoms with van der Waals surface area (Å²) in [6, 6.07) is 10.4. The van der Waals surface area contributed by atoms with Crippen LogP contribution in [0.2, 0.25) is 0 Å². The number of amides is 1. The number of carbonyl (C=O) groups excluding carboxylic acids is 1. The van der Waals surface area contributed by atoms with Gasteiger partial charge in [-0.15, -0.1) is 0 Å². The van der Waals surface area contributed by atoms with Crippen molar-refractivity contribution in [2.45, 2.75) is 37.8 Å². The lowest BCUT2D eigenvalue weighted by atomic mass is 9.87. The lowest BCUT2D eigenvalue weighted by molar-refractivity contribution is -0.122. The van der Waals surface area contributed by atoms with Crippen molar-refractivity contribution >= 4 is 22.8 Å². The molecule has 2 fully saturated rings. The molecule has 2 aliphatic rings. The molecule has 7 nitrogen and oxygen atoms in total. The number of hydrogen-bond donors (Lipinski definition) is 1. The first kappa shape index (κ1) is 15.3. The second kappa shape index (κ2) is 6.09. The molecule has 3 heterocycles. The van der Waals surface area contributed by atoms with Crippen molar-refractivity contribution in [3.8, 4) is 5.69 Å². The van der Waals surface area contributed by atoms with Crippen molar-refractivity contribution in [1.29, 1.82) is 0 Å². The number of nitrogens with zero attached hydrogens (tertiary/aromatic N) is 5. The second-order valence-electron chi connectivity index (χ2n) is 6.98. The van der Waals surface area contributed by atoms with Crippen LogP contribution in [-0.4, -0.2) is 44.3 Å². The number of hydrogen-bond acceptors (Lipinski definition) is 5. The Morgan fingerprint density at radius 3 is 2.81 bits per heavy atom. The van der Waals surface area contributed by atoms with Crippen LogP contribution in [0.3, 0.4) is 0 Å². The molecule has 1 aromatic carbocycles. The fourth-order valence-electron chi connectivity index (χ4n) is 4.23. The van der Waals surface area contributed by atoms with Gasteiger partial charge in [0.15, 0.2) is 5.65 Å². The number of para-hydroxylation sites is 1. The minimum Gasteiger partial charge on any atom is -0.350 e. The van der Waals surface area contributed by atoms with E-state index in [9.17, 15) is 4.79 Å². The topological polar surface area (TPSA) is 75.9 Å². The lowest BCUT2D eigenvalue weighted by Gasteiger charge is -2.44. The number of benzene rings is 1. The molecule has 1 aliphatic carbocycles. The quantitative estimate of drug-likeness (QED) is 0.767. The Labute approximate surface area is 151 Å². The van der Waals surface area contributed by atoms with Gasteiger partial charge in [0.1, 0.15) is 12.1 Å². The highest BCUT2D eigenvalue weighted by Crippen LogP contribution is 2.32. The first-order valence-corrected chi connectivity index (χ1v) is 9.11.